The Kier molecular flexibility index (Phi) is 1.63. The van der Waals surface area contributed by atoms with E-state index in [0.717, 1.165) is 0 Å². The summed E-state index contributed by atoms with van der Waals surface area (Å²) < 4.78 is 0. The summed E-state index contributed by atoms with van der Waals surface area (Å²) in [6.07, 6.45) is 0. The van der Waals surface area contributed by atoms with Gasteiger partial charge in [0.25, 0.3) is 0 Å². The van der Waals surface area contributed by atoms with Crippen LogP contribution < -0.4 is 0 Å². The number of aryl methyl sites for hydroxylation is 2. The van der Waals surface area contributed by atoms with Gasteiger partial charge in [0.15, 0.2) is 0 Å². The van der Waals surface area contributed by atoms with E-state index in [0.29, 0.717) is 0 Å². The van der Waals surface area contributed by atoms with Crippen LogP contribution in [0.15, 0.2) is 36.4 Å². The van der Waals surface area contributed by atoms with E-state index in [-0.39, 0.29) is 0 Å². The number of benzene rings is 2. The molecule has 3 rings (SSSR count). The lowest BCUT2D eigenvalue weighted by atomic mass is 10.1. The lowest BCUT2D eigenvalue weighted by molar-refractivity contribution is 1.42. The first-order chi connectivity index (χ1) is 7.27. The average molecular weight is 195 g/mol. The molecule has 1 heterocycles. The zero-order valence-corrected chi connectivity index (χ0v) is 8.96. The Hall–Kier alpha value is -1.76. The summed E-state index contributed by atoms with van der Waals surface area (Å²) in [5.41, 5.74) is 5.15. The molecule has 0 atom stereocenters. The number of hydrogen-bond donors (Lipinski definition) is 1. The van der Waals surface area contributed by atoms with Gasteiger partial charge in [-0.25, -0.2) is 0 Å². The number of rotatable bonds is 0. The standard InChI is InChI=1S/C14H13N/c1-9-5-3-7-11-12-8-4-6-10(2)14(12)15-13(9)11/h3-8,15H,1-2H3. The third kappa shape index (κ3) is 1.09. The summed E-state index contributed by atoms with van der Waals surface area (Å²) >= 11 is 0. The van der Waals surface area contributed by atoms with Crippen molar-refractivity contribution in [1.82, 2.24) is 4.98 Å². The lowest BCUT2D eigenvalue weighted by Gasteiger charge is -1.94. The predicted molar refractivity (Wildman–Crippen MR) is 65.3 cm³/mol. The molecular weight excluding hydrogens is 182 g/mol. The molecule has 74 valence electrons. The van der Waals surface area contributed by atoms with Crippen molar-refractivity contribution >= 4 is 21.8 Å². The summed E-state index contributed by atoms with van der Waals surface area (Å²) in [6.45, 7) is 4.29. The largest absolute Gasteiger partial charge is 0.354 e. The number of nitrogens with one attached hydrogen (secondary N) is 1. The second kappa shape index (κ2) is 2.86. The molecule has 1 N–H and O–H groups in total. The normalized spacial score (nSPS) is 11.3. The molecule has 0 saturated heterocycles. The fourth-order valence-electron chi connectivity index (χ4n) is 2.24. The molecule has 0 saturated carbocycles. The van der Waals surface area contributed by atoms with Crippen molar-refractivity contribution in [2.24, 2.45) is 0 Å². The van der Waals surface area contributed by atoms with Gasteiger partial charge in [0.1, 0.15) is 0 Å². The van der Waals surface area contributed by atoms with Crippen LogP contribution in [0.4, 0.5) is 0 Å². The van der Waals surface area contributed by atoms with Crippen molar-refractivity contribution in [2.75, 3.05) is 0 Å². The van der Waals surface area contributed by atoms with Crippen molar-refractivity contribution in [1.29, 1.82) is 0 Å². The molecule has 15 heavy (non-hydrogen) atoms. The third-order valence-corrected chi connectivity index (χ3v) is 3.09. The van der Waals surface area contributed by atoms with Gasteiger partial charge in [-0.1, -0.05) is 36.4 Å². The maximum atomic E-state index is 3.51. The molecule has 3 aromatic rings. The van der Waals surface area contributed by atoms with Crippen LogP contribution in [-0.4, -0.2) is 4.98 Å². The van der Waals surface area contributed by atoms with Crippen LogP contribution in [0, 0.1) is 13.8 Å². The average Bonchev–Trinajstić information content (AvgIpc) is 2.60. The van der Waals surface area contributed by atoms with E-state index in [1.54, 1.807) is 0 Å². The molecule has 2 aromatic carbocycles. The number of fused-ring (bicyclic) bond motifs is 3. The minimum absolute atomic E-state index is 1.27. The van der Waals surface area contributed by atoms with E-state index in [1.807, 2.05) is 0 Å². The summed E-state index contributed by atoms with van der Waals surface area (Å²) in [6, 6.07) is 12.9. The Labute approximate surface area is 88.7 Å². The Bertz CT molecular complexity index is 591. The highest BCUT2D eigenvalue weighted by molar-refractivity contribution is 6.09. The smallest absolute Gasteiger partial charge is 0.0494 e. The molecule has 0 aliphatic heterocycles. The van der Waals surface area contributed by atoms with Crippen molar-refractivity contribution in [3.8, 4) is 0 Å². The van der Waals surface area contributed by atoms with E-state index in [9.17, 15) is 0 Å². The van der Waals surface area contributed by atoms with Gasteiger partial charge in [0, 0.05) is 21.8 Å². The monoisotopic (exact) mass is 195 g/mol. The number of hydrogen-bond acceptors (Lipinski definition) is 0. The topological polar surface area (TPSA) is 15.8 Å². The van der Waals surface area contributed by atoms with Crippen molar-refractivity contribution in [2.45, 2.75) is 13.8 Å². The molecule has 1 nitrogen and oxygen atoms in total. The summed E-state index contributed by atoms with van der Waals surface area (Å²) in [7, 11) is 0. The molecule has 0 fully saturated rings. The molecular formula is C14H13N. The predicted octanol–water partition coefficient (Wildman–Crippen LogP) is 3.94. The number of H-pyrrole nitrogens is 1. The van der Waals surface area contributed by atoms with Gasteiger partial charge >= 0.3 is 0 Å². The minimum Gasteiger partial charge on any atom is -0.354 e. The first-order valence-electron chi connectivity index (χ1n) is 5.24. The SMILES string of the molecule is Cc1cccc2c1[nH]c1c(C)cccc12. The lowest BCUT2D eigenvalue weighted by Crippen LogP contribution is -1.74. The van der Waals surface area contributed by atoms with Crippen LogP contribution in [0.1, 0.15) is 11.1 Å². The molecule has 0 unspecified atom stereocenters. The Morgan fingerprint density at radius 3 is 1.67 bits per heavy atom. The van der Waals surface area contributed by atoms with Crippen LogP contribution in [0.25, 0.3) is 21.8 Å². The van der Waals surface area contributed by atoms with Crippen LogP contribution in [0.5, 0.6) is 0 Å². The molecule has 0 bridgehead atoms. The highest BCUT2D eigenvalue weighted by atomic mass is 14.7. The maximum absolute atomic E-state index is 3.51. The van der Waals surface area contributed by atoms with E-state index in [4.69, 9.17) is 0 Å². The van der Waals surface area contributed by atoms with Crippen molar-refractivity contribution in [3.63, 3.8) is 0 Å². The minimum atomic E-state index is 1.27. The molecule has 1 heteroatoms. The van der Waals surface area contributed by atoms with Gasteiger partial charge in [0.05, 0.1) is 0 Å². The van der Waals surface area contributed by atoms with Crippen molar-refractivity contribution < 1.29 is 0 Å². The van der Waals surface area contributed by atoms with Crippen molar-refractivity contribution in [3.05, 3.63) is 47.5 Å². The van der Waals surface area contributed by atoms with Crippen LogP contribution in [0.3, 0.4) is 0 Å². The van der Waals surface area contributed by atoms with E-state index < -0.39 is 0 Å². The van der Waals surface area contributed by atoms with Crippen LogP contribution in [0.2, 0.25) is 0 Å². The van der Waals surface area contributed by atoms with Gasteiger partial charge in [-0.15, -0.1) is 0 Å². The Morgan fingerprint density at radius 2 is 1.20 bits per heavy atom. The zero-order valence-electron chi connectivity index (χ0n) is 8.96. The van der Waals surface area contributed by atoms with E-state index in [2.05, 4.69) is 55.2 Å². The highest BCUT2D eigenvalue weighted by Crippen LogP contribution is 2.28. The Morgan fingerprint density at radius 1 is 0.733 bits per heavy atom. The third-order valence-electron chi connectivity index (χ3n) is 3.09. The second-order valence-corrected chi connectivity index (χ2v) is 4.12. The fourth-order valence-corrected chi connectivity index (χ4v) is 2.24. The first kappa shape index (κ1) is 8.54. The molecule has 0 radical (unpaired) electrons. The number of aromatic nitrogens is 1. The summed E-state index contributed by atoms with van der Waals surface area (Å²) in [5.74, 6) is 0. The first-order valence-corrected chi connectivity index (χ1v) is 5.24. The quantitative estimate of drug-likeness (QED) is 0.559. The fraction of sp³-hybridized carbons (Fsp3) is 0.143. The van der Waals surface area contributed by atoms with E-state index in [1.165, 1.54) is 32.9 Å². The molecule has 1 aromatic heterocycles. The maximum Gasteiger partial charge on any atom is 0.0494 e. The van der Waals surface area contributed by atoms with Gasteiger partial charge in [-0.3, -0.25) is 0 Å². The van der Waals surface area contributed by atoms with Gasteiger partial charge in [-0.2, -0.15) is 0 Å². The second-order valence-electron chi connectivity index (χ2n) is 4.12. The van der Waals surface area contributed by atoms with Gasteiger partial charge in [-0.05, 0) is 25.0 Å². The molecule has 0 aliphatic rings. The van der Waals surface area contributed by atoms with Gasteiger partial charge < -0.3 is 4.98 Å². The summed E-state index contributed by atoms with van der Waals surface area (Å²) in [5, 5.41) is 2.66. The highest BCUT2D eigenvalue weighted by Gasteiger charge is 2.06. The molecule has 0 amide bonds. The Balaban J connectivity index is 2.63. The van der Waals surface area contributed by atoms with E-state index >= 15 is 0 Å². The number of aromatic amines is 1. The molecule has 0 aliphatic carbocycles. The molecule has 0 spiro atoms. The van der Waals surface area contributed by atoms with Crippen LogP contribution >= 0.6 is 0 Å². The zero-order chi connectivity index (χ0) is 10.4. The van der Waals surface area contributed by atoms with Crippen LogP contribution in [-0.2, 0) is 0 Å². The summed E-state index contributed by atoms with van der Waals surface area (Å²) in [4.78, 5) is 3.51. The van der Waals surface area contributed by atoms with Gasteiger partial charge in [0.2, 0.25) is 0 Å². The number of para-hydroxylation sites is 2.